The molecule has 0 radical (unpaired) electrons. The smallest absolute Gasteiger partial charge is 0.266 e. The molecule has 1 saturated heterocycles. The average molecular weight is 344 g/mol. The van der Waals surface area contributed by atoms with Crippen molar-refractivity contribution in [1.29, 1.82) is 0 Å². The SMILES string of the molecule is Cc1nc(C)c(C(=O)N2CCCC2c2nc3ccc(F)cc3[nH]2)s1. The number of rotatable bonds is 2. The number of carbonyl (C=O) groups excluding carboxylic acids is 1. The van der Waals surface area contributed by atoms with Crippen LogP contribution in [0.1, 0.15) is 45.1 Å². The number of aromatic nitrogens is 3. The van der Waals surface area contributed by atoms with Crippen molar-refractivity contribution in [2.45, 2.75) is 32.7 Å². The second kappa shape index (κ2) is 5.66. The number of nitrogens with zero attached hydrogens (tertiary/aromatic N) is 3. The fraction of sp³-hybridized carbons (Fsp3) is 0.353. The fourth-order valence-electron chi connectivity index (χ4n) is 3.31. The van der Waals surface area contributed by atoms with E-state index in [2.05, 4.69) is 15.0 Å². The number of thiazole rings is 1. The molecule has 1 aromatic carbocycles. The molecule has 0 saturated carbocycles. The number of carbonyl (C=O) groups is 1. The Bertz CT molecular complexity index is 932. The number of aryl methyl sites for hydroxylation is 2. The first-order chi connectivity index (χ1) is 11.5. The Morgan fingerprint density at radius 3 is 2.96 bits per heavy atom. The molecule has 2 aromatic heterocycles. The zero-order chi connectivity index (χ0) is 16.8. The van der Waals surface area contributed by atoms with Crippen molar-refractivity contribution >= 4 is 28.3 Å². The number of H-pyrrole nitrogens is 1. The minimum Gasteiger partial charge on any atom is -0.340 e. The fourth-order valence-corrected chi connectivity index (χ4v) is 4.19. The molecular formula is C17H17FN4OS. The van der Waals surface area contributed by atoms with Gasteiger partial charge in [-0.15, -0.1) is 11.3 Å². The maximum Gasteiger partial charge on any atom is 0.266 e. The number of nitrogens with one attached hydrogen (secondary N) is 1. The van der Waals surface area contributed by atoms with Crippen LogP contribution in [0, 0.1) is 19.7 Å². The highest BCUT2D eigenvalue weighted by atomic mass is 32.1. The summed E-state index contributed by atoms with van der Waals surface area (Å²) in [5.74, 6) is 0.431. The van der Waals surface area contributed by atoms with E-state index >= 15 is 0 Å². The van der Waals surface area contributed by atoms with Gasteiger partial charge in [-0.2, -0.15) is 0 Å². The Hall–Kier alpha value is -2.28. The van der Waals surface area contributed by atoms with Crippen LogP contribution in [0.4, 0.5) is 4.39 Å². The van der Waals surface area contributed by atoms with E-state index in [-0.39, 0.29) is 17.8 Å². The predicted octanol–water partition coefficient (Wildman–Crippen LogP) is 3.75. The van der Waals surface area contributed by atoms with Gasteiger partial charge >= 0.3 is 0 Å². The third-order valence-corrected chi connectivity index (χ3v) is 5.45. The van der Waals surface area contributed by atoms with Gasteiger partial charge in [0.25, 0.3) is 5.91 Å². The molecule has 24 heavy (non-hydrogen) atoms. The molecular weight excluding hydrogens is 327 g/mol. The summed E-state index contributed by atoms with van der Waals surface area (Å²) in [6, 6.07) is 4.38. The quantitative estimate of drug-likeness (QED) is 0.770. The van der Waals surface area contributed by atoms with Crippen molar-refractivity contribution in [1.82, 2.24) is 19.9 Å². The monoisotopic (exact) mass is 344 g/mol. The Kier molecular flexibility index (Phi) is 3.60. The van der Waals surface area contributed by atoms with Crippen molar-refractivity contribution < 1.29 is 9.18 Å². The summed E-state index contributed by atoms with van der Waals surface area (Å²) in [6.07, 6.45) is 1.78. The zero-order valence-electron chi connectivity index (χ0n) is 13.5. The van der Waals surface area contributed by atoms with Gasteiger partial charge < -0.3 is 9.88 Å². The molecule has 3 aromatic rings. The van der Waals surface area contributed by atoms with Crippen molar-refractivity contribution in [3.63, 3.8) is 0 Å². The molecule has 4 rings (SSSR count). The molecule has 1 aliphatic heterocycles. The van der Waals surface area contributed by atoms with Gasteiger partial charge in [-0.05, 0) is 44.9 Å². The maximum atomic E-state index is 13.4. The van der Waals surface area contributed by atoms with Crippen LogP contribution >= 0.6 is 11.3 Å². The first-order valence-corrected chi connectivity index (χ1v) is 8.75. The highest BCUT2D eigenvalue weighted by molar-refractivity contribution is 7.13. The van der Waals surface area contributed by atoms with Gasteiger partial charge in [0, 0.05) is 6.54 Å². The van der Waals surface area contributed by atoms with E-state index in [9.17, 15) is 9.18 Å². The molecule has 3 heterocycles. The lowest BCUT2D eigenvalue weighted by atomic mass is 10.2. The van der Waals surface area contributed by atoms with Crippen LogP contribution in [0.2, 0.25) is 0 Å². The van der Waals surface area contributed by atoms with Gasteiger partial charge in [-0.25, -0.2) is 14.4 Å². The third kappa shape index (κ3) is 2.49. The highest BCUT2D eigenvalue weighted by Gasteiger charge is 2.34. The van der Waals surface area contributed by atoms with Crippen molar-refractivity contribution in [3.8, 4) is 0 Å². The van der Waals surface area contributed by atoms with Crippen molar-refractivity contribution in [2.75, 3.05) is 6.54 Å². The molecule has 7 heteroatoms. The number of fused-ring (bicyclic) bond motifs is 1. The third-order valence-electron chi connectivity index (χ3n) is 4.39. The second-order valence-corrected chi connectivity index (χ2v) is 7.29. The van der Waals surface area contributed by atoms with E-state index in [0.717, 1.165) is 34.9 Å². The maximum absolute atomic E-state index is 13.4. The average Bonchev–Trinajstić information content (AvgIpc) is 3.23. The number of aromatic amines is 1. The first kappa shape index (κ1) is 15.3. The van der Waals surface area contributed by atoms with Crippen LogP contribution in [0.15, 0.2) is 18.2 Å². The summed E-state index contributed by atoms with van der Waals surface area (Å²) in [6.45, 7) is 4.47. The highest BCUT2D eigenvalue weighted by Crippen LogP contribution is 2.34. The lowest BCUT2D eigenvalue weighted by molar-refractivity contribution is 0.0734. The van der Waals surface area contributed by atoms with Crippen LogP contribution in [-0.2, 0) is 0 Å². The topological polar surface area (TPSA) is 61.9 Å². The molecule has 1 N–H and O–H groups in total. The Morgan fingerprint density at radius 2 is 2.21 bits per heavy atom. The van der Waals surface area contributed by atoms with E-state index < -0.39 is 0 Å². The summed E-state index contributed by atoms with van der Waals surface area (Å²) < 4.78 is 13.4. The van der Waals surface area contributed by atoms with Gasteiger partial charge in [-0.3, -0.25) is 4.79 Å². The predicted molar refractivity (Wildman–Crippen MR) is 90.7 cm³/mol. The summed E-state index contributed by atoms with van der Waals surface area (Å²) in [5, 5.41) is 0.894. The summed E-state index contributed by atoms with van der Waals surface area (Å²) in [7, 11) is 0. The van der Waals surface area contributed by atoms with Crippen LogP contribution in [0.3, 0.4) is 0 Å². The number of imidazole rings is 1. The summed E-state index contributed by atoms with van der Waals surface area (Å²) >= 11 is 1.43. The normalized spacial score (nSPS) is 17.8. The standard InChI is InChI=1S/C17H17FN4OS/c1-9-15(24-10(2)19-9)17(23)22-7-3-4-14(22)16-20-12-6-5-11(18)8-13(12)21-16/h5-6,8,14H,3-4,7H2,1-2H3,(H,20,21). The second-order valence-electron chi connectivity index (χ2n) is 6.09. The van der Waals surface area contributed by atoms with E-state index in [1.807, 2.05) is 18.7 Å². The molecule has 1 atom stereocenters. The number of halogens is 1. The Labute approximate surface area is 142 Å². The number of hydrogen-bond donors (Lipinski definition) is 1. The minimum absolute atomic E-state index is 0.00670. The van der Waals surface area contributed by atoms with Gasteiger partial charge in [0.2, 0.25) is 0 Å². The van der Waals surface area contributed by atoms with E-state index in [0.29, 0.717) is 16.9 Å². The first-order valence-electron chi connectivity index (χ1n) is 7.93. The summed E-state index contributed by atoms with van der Waals surface area (Å²) in [4.78, 5) is 27.6. The van der Waals surface area contributed by atoms with Gasteiger partial charge in [0.1, 0.15) is 16.5 Å². The van der Waals surface area contributed by atoms with Crippen LogP contribution < -0.4 is 0 Å². The van der Waals surface area contributed by atoms with Gasteiger partial charge in [-0.1, -0.05) is 0 Å². The Morgan fingerprint density at radius 1 is 1.38 bits per heavy atom. The Balaban J connectivity index is 1.68. The van der Waals surface area contributed by atoms with Crippen molar-refractivity contribution in [2.24, 2.45) is 0 Å². The molecule has 124 valence electrons. The van der Waals surface area contributed by atoms with E-state index in [1.165, 1.54) is 23.5 Å². The molecule has 1 aliphatic rings. The van der Waals surface area contributed by atoms with Crippen LogP contribution in [0.5, 0.6) is 0 Å². The van der Waals surface area contributed by atoms with Crippen LogP contribution in [0.25, 0.3) is 11.0 Å². The number of amides is 1. The van der Waals surface area contributed by atoms with Crippen LogP contribution in [-0.4, -0.2) is 32.3 Å². The number of hydrogen-bond acceptors (Lipinski definition) is 4. The molecule has 1 unspecified atom stereocenters. The van der Waals surface area contributed by atoms with Gasteiger partial charge in [0.05, 0.1) is 27.8 Å². The van der Waals surface area contributed by atoms with E-state index in [1.54, 1.807) is 6.07 Å². The molecule has 1 amide bonds. The molecule has 0 spiro atoms. The summed E-state index contributed by atoms with van der Waals surface area (Å²) in [5.41, 5.74) is 2.16. The largest absolute Gasteiger partial charge is 0.340 e. The van der Waals surface area contributed by atoms with E-state index in [4.69, 9.17) is 0 Å². The zero-order valence-corrected chi connectivity index (χ0v) is 14.3. The van der Waals surface area contributed by atoms with Crippen molar-refractivity contribution in [3.05, 3.63) is 45.4 Å². The lowest BCUT2D eigenvalue weighted by Gasteiger charge is -2.22. The number of benzene rings is 1. The molecule has 0 bridgehead atoms. The lowest BCUT2D eigenvalue weighted by Crippen LogP contribution is -2.31. The molecule has 1 fully saturated rings. The number of likely N-dealkylation sites (tertiary alicyclic amines) is 1. The minimum atomic E-state index is -0.298. The van der Waals surface area contributed by atoms with Gasteiger partial charge in [0.15, 0.2) is 0 Å². The molecule has 0 aliphatic carbocycles. The molecule has 5 nitrogen and oxygen atoms in total.